The van der Waals surface area contributed by atoms with E-state index in [1.807, 2.05) is 0 Å². The standard InChI is InChI=1S/C13H19N5S/c1-7-8(2)19-13-11(7)12(14)16-10(17-13)6-18(3)9-4-15-5-9/h9,15H,4-6H2,1-3H3,(H2,14,16,17). The van der Waals surface area contributed by atoms with Crippen LogP contribution in [0.2, 0.25) is 0 Å². The molecule has 1 fully saturated rings. The summed E-state index contributed by atoms with van der Waals surface area (Å²) >= 11 is 1.70. The minimum Gasteiger partial charge on any atom is -0.383 e. The van der Waals surface area contributed by atoms with Gasteiger partial charge in [0.15, 0.2) is 0 Å². The average molecular weight is 277 g/mol. The van der Waals surface area contributed by atoms with Crippen molar-refractivity contribution in [1.82, 2.24) is 20.2 Å². The summed E-state index contributed by atoms with van der Waals surface area (Å²) in [5, 5.41) is 4.30. The lowest BCUT2D eigenvalue weighted by Gasteiger charge is -2.35. The average Bonchev–Trinajstić information content (AvgIpc) is 2.51. The van der Waals surface area contributed by atoms with Crippen molar-refractivity contribution in [1.29, 1.82) is 0 Å². The van der Waals surface area contributed by atoms with E-state index in [2.05, 4.69) is 41.1 Å². The molecule has 1 aliphatic rings. The van der Waals surface area contributed by atoms with E-state index in [1.54, 1.807) is 11.3 Å². The summed E-state index contributed by atoms with van der Waals surface area (Å²) in [5.74, 6) is 1.43. The zero-order valence-electron chi connectivity index (χ0n) is 11.5. The van der Waals surface area contributed by atoms with Gasteiger partial charge in [-0.2, -0.15) is 0 Å². The molecule has 1 saturated heterocycles. The Bertz CT molecular complexity index is 617. The molecular formula is C13H19N5S. The van der Waals surface area contributed by atoms with E-state index >= 15 is 0 Å². The van der Waals surface area contributed by atoms with E-state index in [0.29, 0.717) is 11.9 Å². The Kier molecular flexibility index (Phi) is 3.16. The van der Waals surface area contributed by atoms with E-state index in [9.17, 15) is 0 Å². The Morgan fingerprint density at radius 2 is 2.11 bits per heavy atom. The highest BCUT2D eigenvalue weighted by Gasteiger charge is 2.22. The van der Waals surface area contributed by atoms with Crippen LogP contribution in [0.4, 0.5) is 5.82 Å². The van der Waals surface area contributed by atoms with Crippen LogP contribution in [0.5, 0.6) is 0 Å². The predicted molar refractivity (Wildman–Crippen MR) is 79.4 cm³/mol. The van der Waals surface area contributed by atoms with Gasteiger partial charge in [0.25, 0.3) is 0 Å². The van der Waals surface area contributed by atoms with Crippen LogP contribution >= 0.6 is 11.3 Å². The summed E-state index contributed by atoms with van der Waals surface area (Å²) in [5.41, 5.74) is 7.30. The molecule has 0 amide bonds. The summed E-state index contributed by atoms with van der Waals surface area (Å²) in [6.07, 6.45) is 0. The molecule has 0 spiro atoms. The topological polar surface area (TPSA) is 67.1 Å². The van der Waals surface area contributed by atoms with Crippen LogP contribution < -0.4 is 11.1 Å². The summed E-state index contributed by atoms with van der Waals surface area (Å²) in [7, 11) is 2.11. The molecule has 0 atom stereocenters. The van der Waals surface area contributed by atoms with Crippen molar-refractivity contribution in [2.24, 2.45) is 0 Å². The third kappa shape index (κ3) is 2.20. The van der Waals surface area contributed by atoms with Gasteiger partial charge in [0.05, 0.1) is 11.9 Å². The van der Waals surface area contributed by atoms with Crippen molar-refractivity contribution in [2.45, 2.75) is 26.4 Å². The van der Waals surface area contributed by atoms with Gasteiger partial charge >= 0.3 is 0 Å². The molecule has 0 saturated carbocycles. The van der Waals surface area contributed by atoms with Gasteiger partial charge in [0.2, 0.25) is 0 Å². The van der Waals surface area contributed by atoms with Gasteiger partial charge in [-0.25, -0.2) is 9.97 Å². The van der Waals surface area contributed by atoms with Gasteiger partial charge in [-0.3, -0.25) is 4.90 Å². The van der Waals surface area contributed by atoms with Gasteiger partial charge in [-0.1, -0.05) is 0 Å². The molecule has 3 N–H and O–H groups in total. The minimum absolute atomic E-state index is 0.590. The molecule has 0 aromatic carbocycles. The zero-order valence-corrected chi connectivity index (χ0v) is 12.3. The SMILES string of the molecule is Cc1sc2nc(CN(C)C3CNC3)nc(N)c2c1C. The molecule has 2 aromatic heterocycles. The highest BCUT2D eigenvalue weighted by atomic mass is 32.1. The highest BCUT2D eigenvalue weighted by Crippen LogP contribution is 2.31. The lowest BCUT2D eigenvalue weighted by Crippen LogP contribution is -2.55. The minimum atomic E-state index is 0.590. The number of likely N-dealkylation sites (N-methyl/N-ethyl adjacent to an activating group) is 1. The van der Waals surface area contributed by atoms with Gasteiger partial charge in [0.1, 0.15) is 16.5 Å². The summed E-state index contributed by atoms with van der Waals surface area (Å²) in [6.45, 7) is 7.03. The molecule has 0 aliphatic carbocycles. The van der Waals surface area contributed by atoms with Crippen molar-refractivity contribution in [2.75, 3.05) is 25.9 Å². The third-order valence-electron chi connectivity index (χ3n) is 3.88. The van der Waals surface area contributed by atoms with E-state index in [0.717, 1.165) is 35.7 Å². The van der Waals surface area contributed by atoms with Crippen molar-refractivity contribution < 1.29 is 0 Å². The lowest BCUT2D eigenvalue weighted by molar-refractivity contribution is 0.169. The molecule has 102 valence electrons. The van der Waals surface area contributed by atoms with Gasteiger partial charge in [0, 0.05) is 24.0 Å². The molecule has 0 bridgehead atoms. The Hall–Kier alpha value is -1.24. The monoisotopic (exact) mass is 277 g/mol. The number of rotatable bonds is 3. The Morgan fingerprint density at radius 3 is 2.74 bits per heavy atom. The fourth-order valence-corrected chi connectivity index (χ4v) is 3.39. The van der Waals surface area contributed by atoms with Gasteiger partial charge in [-0.15, -0.1) is 11.3 Å². The molecular weight excluding hydrogens is 258 g/mol. The molecule has 3 rings (SSSR count). The van der Waals surface area contributed by atoms with E-state index in [1.165, 1.54) is 10.4 Å². The van der Waals surface area contributed by atoms with Crippen molar-refractivity contribution in [3.8, 4) is 0 Å². The van der Waals surface area contributed by atoms with Crippen molar-refractivity contribution in [3.05, 3.63) is 16.3 Å². The molecule has 3 heterocycles. The first-order valence-electron chi connectivity index (χ1n) is 6.49. The van der Waals surface area contributed by atoms with E-state index < -0.39 is 0 Å². The first-order valence-corrected chi connectivity index (χ1v) is 7.31. The van der Waals surface area contributed by atoms with Crippen LogP contribution in [0.15, 0.2) is 0 Å². The summed E-state index contributed by atoms with van der Waals surface area (Å²) in [6, 6.07) is 0.590. The first kappa shape index (κ1) is 12.8. The Morgan fingerprint density at radius 1 is 1.37 bits per heavy atom. The van der Waals surface area contributed by atoms with Gasteiger partial charge in [-0.05, 0) is 26.5 Å². The summed E-state index contributed by atoms with van der Waals surface area (Å²) < 4.78 is 0. The highest BCUT2D eigenvalue weighted by molar-refractivity contribution is 7.18. The Balaban J connectivity index is 1.92. The number of hydrogen-bond donors (Lipinski definition) is 2. The normalized spacial score (nSPS) is 16.2. The van der Waals surface area contributed by atoms with Crippen LogP contribution in [0.3, 0.4) is 0 Å². The maximum absolute atomic E-state index is 6.09. The fraction of sp³-hybridized carbons (Fsp3) is 0.538. The number of nitrogens with one attached hydrogen (secondary N) is 1. The first-order chi connectivity index (χ1) is 9.06. The maximum atomic E-state index is 6.09. The Labute approximate surface area is 116 Å². The molecule has 5 nitrogen and oxygen atoms in total. The molecule has 0 unspecified atom stereocenters. The second-order valence-corrected chi connectivity index (χ2v) is 6.42. The second-order valence-electron chi connectivity index (χ2n) is 5.22. The second kappa shape index (κ2) is 4.70. The van der Waals surface area contributed by atoms with E-state index in [-0.39, 0.29) is 0 Å². The zero-order chi connectivity index (χ0) is 13.6. The van der Waals surface area contributed by atoms with Crippen LogP contribution in [0.25, 0.3) is 10.2 Å². The fourth-order valence-electron chi connectivity index (χ4n) is 2.33. The molecule has 0 radical (unpaired) electrons. The molecule has 1 aliphatic heterocycles. The number of nitrogens with two attached hydrogens (primary N) is 1. The predicted octanol–water partition coefficient (Wildman–Crippen LogP) is 1.29. The number of thiophene rings is 1. The number of aromatic nitrogens is 2. The third-order valence-corrected chi connectivity index (χ3v) is 4.98. The number of nitrogens with zero attached hydrogens (tertiary/aromatic N) is 3. The van der Waals surface area contributed by atoms with E-state index in [4.69, 9.17) is 5.73 Å². The lowest BCUT2D eigenvalue weighted by atomic mass is 10.1. The largest absolute Gasteiger partial charge is 0.383 e. The number of fused-ring (bicyclic) bond motifs is 1. The van der Waals surface area contributed by atoms with Crippen molar-refractivity contribution in [3.63, 3.8) is 0 Å². The molecule has 2 aromatic rings. The number of aryl methyl sites for hydroxylation is 2. The number of hydrogen-bond acceptors (Lipinski definition) is 6. The van der Waals surface area contributed by atoms with Crippen LogP contribution in [0.1, 0.15) is 16.3 Å². The van der Waals surface area contributed by atoms with Gasteiger partial charge < -0.3 is 11.1 Å². The maximum Gasteiger partial charge on any atom is 0.146 e. The van der Waals surface area contributed by atoms with Crippen molar-refractivity contribution >= 4 is 27.4 Å². The summed E-state index contributed by atoms with van der Waals surface area (Å²) in [4.78, 5) is 13.7. The molecule has 19 heavy (non-hydrogen) atoms. The quantitative estimate of drug-likeness (QED) is 0.885. The number of nitrogen functional groups attached to an aromatic ring is 1. The molecule has 6 heteroatoms. The van der Waals surface area contributed by atoms with Crippen LogP contribution in [-0.2, 0) is 6.54 Å². The number of anilines is 1. The van der Waals surface area contributed by atoms with Crippen LogP contribution in [-0.4, -0.2) is 41.0 Å². The smallest absolute Gasteiger partial charge is 0.146 e. The van der Waals surface area contributed by atoms with Crippen LogP contribution in [0, 0.1) is 13.8 Å².